The fraction of sp³-hybridized carbons (Fsp3) is 0.750. The molecule has 58 valence electrons. The summed E-state index contributed by atoms with van der Waals surface area (Å²) in [6.07, 6.45) is 3.92. The smallest absolute Gasteiger partial charge is 0.0825 e. The number of rotatable bonds is 2. The second-order valence-electron chi connectivity index (χ2n) is 3.15. The van der Waals surface area contributed by atoms with Crippen molar-refractivity contribution < 1.29 is 4.74 Å². The van der Waals surface area contributed by atoms with Crippen molar-refractivity contribution in [1.82, 2.24) is 0 Å². The fourth-order valence-corrected chi connectivity index (χ4v) is 2.91. The number of hydrogen-bond donors (Lipinski definition) is 0. The normalized spacial score (nSPS) is 27.5. The molecule has 10 heavy (non-hydrogen) atoms. The summed E-state index contributed by atoms with van der Waals surface area (Å²) in [4.78, 5) is 0. The molecule has 0 aromatic carbocycles. The van der Waals surface area contributed by atoms with E-state index in [1.54, 1.807) is 0 Å². The maximum Gasteiger partial charge on any atom is 0.0825 e. The maximum atomic E-state index is 5.59. The summed E-state index contributed by atoms with van der Waals surface area (Å²) in [5.74, 6) is 0. The van der Waals surface area contributed by atoms with Crippen LogP contribution in [0.15, 0.2) is 11.8 Å². The first kappa shape index (κ1) is 8.02. The Morgan fingerprint density at radius 2 is 2.40 bits per heavy atom. The van der Waals surface area contributed by atoms with Crippen molar-refractivity contribution in [2.24, 2.45) is 0 Å². The average Bonchev–Trinajstić information content (AvgIpc) is 1.88. The van der Waals surface area contributed by atoms with Crippen molar-refractivity contribution >= 4 is 9.52 Å². The van der Waals surface area contributed by atoms with Gasteiger partial charge in [0.15, 0.2) is 0 Å². The summed E-state index contributed by atoms with van der Waals surface area (Å²) in [6, 6.07) is 0. The highest BCUT2D eigenvalue weighted by atomic mass is 28.2. The van der Waals surface area contributed by atoms with Crippen LogP contribution in [0.2, 0.25) is 0 Å². The van der Waals surface area contributed by atoms with Crippen LogP contribution in [0.1, 0.15) is 26.2 Å². The van der Waals surface area contributed by atoms with Gasteiger partial charge in [0.25, 0.3) is 0 Å². The molecule has 0 aromatic rings. The minimum atomic E-state index is -0.116. The van der Waals surface area contributed by atoms with Crippen LogP contribution >= 0.6 is 0 Å². The standard InChI is InChI=1S/C8H16OSi/c1-7(2)10-8-5-3-4-6-9-8/h8H,1,3-6,10H2,2H3. The summed E-state index contributed by atoms with van der Waals surface area (Å²) in [5.41, 5.74) is 0.617. The molecule has 0 aromatic heterocycles. The summed E-state index contributed by atoms with van der Waals surface area (Å²) >= 11 is 0. The topological polar surface area (TPSA) is 9.23 Å². The number of allylic oxidation sites excluding steroid dienone is 1. The summed E-state index contributed by atoms with van der Waals surface area (Å²) in [5, 5.41) is 1.38. The van der Waals surface area contributed by atoms with E-state index < -0.39 is 0 Å². The molecule has 0 bridgehead atoms. The molecule has 1 aliphatic heterocycles. The first-order chi connectivity index (χ1) is 4.79. The molecule has 1 unspecified atom stereocenters. The van der Waals surface area contributed by atoms with Crippen LogP contribution < -0.4 is 0 Å². The van der Waals surface area contributed by atoms with Gasteiger partial charge in [-0.1, -0.05) is 5.20 Å². The Balaban J connectivity index is 2.19. The second-order valence-corrected chi connectivity index (χ2v) is 5.68. The minimum Gasteiger partial charge on any atom is -0.382 e. The van der Waals surface area contributed by atoms with E-state index in [1.165, 1.54) is 24.5 Å². The molecule has 1 atom stereocenters. The predicted molar refractivity (Wildman–Crippen MR) is 46.9 cm³/mol. The van der Waals surface area contributed by atoms with Crippen LogP contribution in [0, 0.1) is 0 Å². The van der Waals surface area contributed by atoms with Gasteiger partial charge in [-0.3, -0.25) is 0 Å². The Bertz CT molecular complexity index is 116. The molecule has 1 saturated heterocycles. The lowest BCUT2D eigenvalue weighted by molar-refractivity contribution is 0.0657. The molecule has 0 aliphatic carbocycles. The SMILES string of the molecule is C=C(C)[SiH2]C1CCCCO1. The van der Waals surface area contributed by atoms with Gasteiger partial charge in [0.1, 0.15) is 0 Å². The third-order valence-electron chi connectivity index (χ3n) is 1.85. The zero-order valence-electron chi connectivity index (χ0n) is 6.73. The lowest BCUT2D eigenvalue weighted by Crippen LogP contribution is -2.25. The van der Waals surface area contributed by atoms with Gasteiger partial charge >= 0.3 is 0 Å². The molecule has 1 nitrogen and oxygen atoms in total. The van der Waals surface area contributed by atoms with Crippen LogP contribution in [0.25, 0.3) is 0 Å². The van der Waals surface area contributed by atoms with E-state index in [2.05, 4.69) is 13.5 Å². The summed E-state index contributed by atoms with van der Waals surface area (Å²) < 4.78 is 5.59. The van der Waals surface area contributed by atoms with E-state index >= 15 is 0 Å². The van der Waals surface area contributed by atoms with Crippen molar-refractivity contribution in [3.8, 4) is 0 Å². The van der Waals surface area contributed by atoms with Gasteiger partial charge in [-0.15, -0.1) is 6.58 Å². The zero-order valence-corrected chi connectivity index (χ0v) is 8.14. The largest absolute Gasteiger partial charge is 0.382 e. The molecular weight excluding hydrogens is 140 g/mol. The third kappa shape index (κ3) is 2.67. The quantitative estimate of drug-likeness (QED) is 0.546. The van der Waals surface area contributed by atoms with Crippen molar-refractivity contribution in [3.05, 3.63) is 11.8 Å². The van der Waals surface area contributed by atoms with Gasteiger partial charge in [-0.2, -0.15) is 0 Å². The Labute approximate surface area is 65.3 Å². The molecule has 0 spiro atoms. The summed E-state index contributed by atoms with van der Waals surface area (Å²) in [6.45, 7) is 7.05. The molecule has 2 heteroatoms. The number of ether oxygens (including phenoxy) is 1. The first-order valence-electron chi connectivity index (χ1n) is 4.05. The lowest BCUT2D eigenvalue weighted by atomic mass is 10.2. The fourth-order valence-electron chi connectivity index (χ4n) is 1.36. The highest BCUT2D eigenvalue weighted by molar-refractivity contribution is 6.46. The van der Waals surface area contributed by atoms with Crippen LogP contribution in [0.4, 0.5) is 0 Å². The monoisotopic (exact) mass is 156 g/mol. The van der Waals surface area contributed by atoms with E-state index in [0.29, 0.717) is 5.73 Å². The maximum absolute atomic E-state index is 5.59. The van der Waals surface area contributed by atoms with Gasteiger partial charge in [0.2, 0.25) is 0 Å². The highest BCUT2D eigenvalue weighted by Crippen LogP contribution is 2.12. The average molecular weight is 156 g/mol. The first-order valence-corrected chi connectivity index (χ1v) is 5.57. The van der Waals surface area contributed by atoms with Crippen molar-refractivity contribution in [2.45, 2.75) is 31.9 Å². The van der Waals surface area contributed by atoms with Crippen molar-refractivity contribution in [3.63, 3.8) is 0 Å². The van der Waals surface area contributed by atoms with Gasteiger partial charge in [-0.05, 0) is 26.2 Å². The summed E-state index contributed by atoms with van der Waals surface area (Å²) in [7, 11) is -0.116. The van der Waals surface area contributed by atoms with Crippen LogP contribution in [0.3, 0.4) is 0 Å². The molecule has 0 amide bonds. The Morgan fingerprint density at radius 3 is 2.90 bits per heavy atom. The van der Waals surface area contributed by atoms with E-state index in [-0.39, 0.29) is 9.52 Å². The lowest BCUT2D eigenvalue weighted by Gasteiger charge is -2.21. The molecule has 1 rings (SSSR count). The van der Waals surface area contributed by atoms with Crippen molar-refractivity contribution in [2.75, 3.05) is 6.61 Å². The zero-order chi connectivity index (χ0) is 7.40. The third-order valence-corrected chi connectivity index (χ3v) is 3.65. The molecule has 0 saturated carbocycles. The minimum absolute atomic E-state index is 0.116. The van der Waals surface area contributed by atoms with Crippen LogP contribution in [-0.4, -0.2) is 21.9 Å². The van der Waals surface area contributed by atoms with E-state index in [0.717, 1.165) is 6.61 Å². The predicted octanol–water partition coefficient (Wildman–Crippen LogP) is 1.22. The number of hydrogen-bond acceptors (Lipinski definition) is 1. The molecular formula is C8H16OSi. The van der Waals surface area contributed by atoms with Gasteiger partial charge in [0.05, 0.1) is 9.52 Å². The van der Waals surface area contributed by atoms with E-state index in [9.17, 15) is 0 Å². The Morgan fingerprint density at radius 1 is 1.60 bits per heavy atom. The van der Waals surface area contributed by atoms with Crippen LogP contribution in [-0.2, 0) is 4.74 Å². The molecule has 1 heterocycles. The molecule has 0 N–H and O–H groups in total. The van der Waals surface area contributed by atoms with E-state index in [1.807, 2.05) is 0 Å². The van der Waals surface area contributed by atoms with Crippen LogP contribution in [0.5, 0.6) is 0 Å². The van der Waals surface area contributed by atoms with Crippen molar-refractivity contribution in [1.29, 1.82) is 0 Å². The highest BCUT2D eigenvalue weighted by Gasteiger charge is 2.13. The van der Waals surface area contributed by atoms with Gasteiger partial charge in [-0.25, -0.2) is 0 Å². The second kappa shape index (κ2) is 3.94. The molecule has 1 aliphatic rings. The Kier molecular flexibility index (Phi) is 3.16. The van der Waals surface area contributed by atoms with Gasteiger partial charge < -0.3 is 4.74 Å². The molecule has 1 fully saturated rings. The Hall–Kier alpha value is -0.0831. The van der Waals surface area contributed by atoms with Gasteiger partial charge in [0, 0.05) is 12.3 Å². The van der Waals surface area contributed by atoms with E-state index in [4.69, 9.17) is 4.74 Å². The molecule has 0 radical (unpaired) electrons.